The number of anilines is 1. The Morgan fingerprint density at radius 1 is 1.27 bits per heavy atom. The van der Waals surface area contributed by atoms with E-state index in [9.17, 15) is 0 Å². The fourth-order valence-corrected chi connectivity index (χ4v) is 1.65. The summed E-state index contributed by atoms with van der Waals surface area (Å²) >= 11 is 0. The van der Waals surface area contributed by atoms with Crippen molar-refractivity contribution in [3.8, 4) is 0 Å². The molecule has 0 fully saturated rings. The van der Waals surface area contributed by atoms with Crippen LogP contribution in [0.15, 0.2) is 24.3 Å². The van der Waals surface area contributed by atoms with Gasteiger partial charge in [0, 0.05) is 11.7 Å². The van der Waals surface area contributed by atoms with Crippen LogP contribution in [0, 0.1) is 0 Å². The number of aliphatic hydroxyl groups is 1. The molecule has 2 heteroatoms. The first-order valence-electron chi connectivity index (χ1n) is 5.77. The molecule has 1 aromatic carbocycles. The lowest BCUT2D eigenvalue weighted by Gasteiger charge is -2.18. The Morgan fingerprint density at radius 2 is 2.00 bits per heavy atom. The third-order valence-corrected chi connectivity index (χ3v) is 2.61. The van der Waals surface area contributed by atoms with Crippen molar-refractivity contribution in [2.75, 3.05) is 11.9 Å². The Morgan fingerprint density at radius 3 is 2.60 bits per heavy atom. The zero-order valence-electron chi connectivity index (χ0n) is 9.66. The molecule has 0 aliphatic rings. The highest BCUT2D eigenvalue weighted by Gasteiger charge is 2.06. The molecule has 0 bridgehead atoms. The van der Waals surface area contributed by atoms with Gasteiger partial charge in [0.05, 0.1) is 6.61 Å². The van der Waals surface area contributed by atoms with Gasteiger partial charge in [-0.25, -0.2) is 0 Å². The molecule has 0 aliphatic carbocycles. The molecule has 0 aromatic heterocycles. The number of hydrogen-bond acceptors (Lipinski definition) is 2. The maximum atomic E-state index is 9.15. The van der Waals surface area contributed by atoms with Crippen molar-refractivity contribution in [2.45, 2.75) is 39.2 Å². The van der Waals surface area contributed by atoms with E-state index in [2.05, 4.69) is 37.4 Å². The van der Waals surface area contributed by atoms with E-state index in [4.69, 9.17) is 5.11 Å². The van der Waals surface area contributed by atoms with Crippen LogP contribution in [0.2, 0.25) is 0 Å². The Balaban J connectivity index is 2.73. The second-order valence-corrected chi connectivity index (χ2v) is 3.84. The molecule has 0 radical (unpaired) electrons. The first-order valence-corrected chi connectivity index (χ1v) is 5.77. The number of hydrogen-bond donors (Lipinski definition) is 2. The van der Waals surface area contributed by atoms with E-state index < -0.39 is 0 Å². The molecule has 0 amide bonds. The van der Waals surface area contributed by atoms with Gasteiger partial charge in [0.2, 0.25) is 0 Å². The minimum Gasteiger partial charge on any atom is -0.394 e. The first-order chi connectivity index (χ1) is 7.31. The zero-order chi connectivity index (χ0) is 11.1. The largest absolute Gasteiger partial charge is 0.394 e. The summed E-state index contributed by atoms with van der Waals surface area (Å²) in [5.41, 5.74) is 2.51. The molecule has 0 spiro atoms. The molecule has 0 saturated carbocycles. The summed E-state index contributed by atoms with van der Waals surface area (Å²) in [6.45, 7) is 4.45. The second-order valence-electron chi connectivity index (χ2n) is 3.84. The lowest BCUT2D eigenvalue weighted by molar-refractivity contribution is 0.272. The number of benzene rings is 1. The van der Waals surface area contributed by atoms with Crippen molar-refractivity contribution in [2.24, 2.45) is 0 Å². The summed E-state index contributed by atoms with van der Waals surface area (Å²) in [4.78, 5) is 0. The topological polar surface area (TPSA) is 32.3 Å². The predicted octanol–water partition coefficient (Wildman–Crippen LogP) is 2.82. The van der Waals surface area contributed by atoms with E-state index >= 15 is 0 Å². The average molecular weight is 207 g/mol. The lowest BCUT2D eigenvalue weighted by atomic mass is 10.1. The third-order valence-electron chi connectivity index (χ3n) is 2.61. The minimum absolute atomic E-state index is 0.169. The lowest BCUT2D eigenvalue weighted by Crippen LogP contribution is -2.23. The fraction of sp³-hybridized carbons (Fsp3) is 0.538. The van der Waals surface area contributed by atoms with Gasteiger partial charge in [0.25, 0.3) is 0 Å². The average Bonchev–Trinajstić information content (AvgIpc) is 2.28. The van der Waals surface area contributed by atoms with E-state index in [1.54, 1.807) is 0 Å². The Hall–Kier alpha value is -1.02. The summed E-state index contributed by atoms with van der Waals surface area (Å²) in [5, 5.41) is 12.5. The standard InChI is InChI=1S/C13H21NO/c1-3-7-11-8-5-6-9-13(11)14-12(4-2)10-15/h5-6,8-9,12,14-15H,3-4,7,10H2,1-2H3/t12-/m1/s1. The van der Waals surface area contributed by atoms with Gasteiger partial charge in [-0.1, -0.05) is 38.5 Å². The second kappa shape index (κ2) is 6.46. The number of rotatable bonds is 6. The van der Waals surface area contributed by atoms with E-state index in [1.165, 1.54) is 11.3 Å². The van der Waals surface area contributed by atoms with Gasteiger partial charge in [-0.05, 0) is 24.5 Å². The van der Waals surface area contributed by atoms with Gasteiger partial charge in [-0.3, -0.25) is 0 Å². The smallest absolute Gasteiger partial charge is 0.0632 e. The molecule has 1 atom stereocenters. The van der Waals surface area contributed by atoms with Gasteiger partial charge >= 0.3 is 0 Å². The molecular formula is C13H21NO. The summed E-state index contributed by atoms with van der Waals surface area (Å²) < 4.78 is 0. The normalized spacial score (nSPS) is 12.5. The minimum atomic E-state index is 0.169. The van der Waals surface area contributed by atoms with E-state index in [-0.39, 0.29) is 12.6 Å². The molecule has 15 heavy (non-hydrogen) atoms. The van der Waals surface area contributed by atoms with Gasteiger partial charge in [-0.2, -0.15) is 0 Å². The van der Waals surface area contributed by atoms with Gasteiger partial charge in [-0.15, -0.1) is 0 Å². The summed E-state index contributed by atoms with van der Waals surface area (Å²) in [5.74, 6) is 0. The quantitative estimate of drug-likeness (QED) is 0.751. The van der Waals surface area contributed by atoms with Crippen LogP contribution in [0.3, 0.4) is 0 Å². The molecule has 2 N–H and O–H groups in total. The van der Waals surface area contributed by atoms with Crippen molar-refractivity contribution in [1.82, 2.24) is 0 Å². The zero-order valence-corrected chi connectivity index (χ0v) is 9.66. The van der Waals surface area contributed by atoms with Crippen molar-refractivity contribution < 1.29 is 5.11 Å². The Labute approximate surface area is 92.3 Å². The molecule has 1 rings (SSSR count). The summed E-state index contributed by atoms with van der Waals surface area (Å²) in [6, 6.07) is 8.50. The highest BCUT2D eigenvalue weighted by atomic mass is 16.3. The van der Waals surface area contributed by atoms with Gasteiger partial charge in [0.1, 0.15) is 0 Å². The monoisotopic (exact) mass is 207 g/mol. The van der Waals surface area contributed by atoms with Crippen LogP contribution in [0.5, 0.6) is 0 Å². The Bertz CT molecular complexity index is 282. The Kier molecular flexibility index (Phi) is 5.19. The first kappa shape index (κ1) is 12.1. The number of para-hydroxylation sites is 1. The molecule has 2 nitrogen and oxygen atoms in total. The van der Waals surface area contributed by atoms with Crippen LogP contribution in [-0.2, 0) is 6.42 Å². The van der Waals surface area contributed by atoms with Crippen LogP contribution in [-0.4, -0.2) is 17.8 Å². The molecule has 84 valence electrons. The fourth-order valence-electron chi connectivity index (χ4n) is 1.65. The SMILES string of the molecule is CCCc1ccccc1N[C@H](CC)CO. The van der Waals surface area contributed by atoms with E-state index in [1.807, 2.05) is 6.07 Å². The van der Waals surface area contributed by atoms with Crippen molar-refractivity contribution >= 4 is 5.69 Å². The molecule has 1 aromatic rings. The van der Waals surface area contributed by atoms with Crippen LogP contribution >= 0.6 is 0 Å². The predicted molar refractivity (Wildman–Crippen MR) is 65.2 cm³/mol. The van der Waals surface area contributed by atoms with Gasteiger partial charge in [0.15, 0.2) is 0 Å². The van der Waals surface area contributed by atoms with Crippen molar-refractivity contribution in [3.05, 3.63) is 29.8 Å². The number of aliphatic hydroxyl groups excluding tert-OH is 1. The molecule has 0 saturated heterocycles. The molecule has 0 heterocycles. The highest BCUT2D eigenvalue weighted by molar-refractivity contribution is 5.51. The molecule has 0 unspecified atom stereocenters. The molecular weight excluding hydrogens is 186 g/mol. The summed E-state index contributed by atoms with van der Waals surface area (Å²) in [7, 11) is 0. The third kappa shape index (κ3) is 3.56. The van der Waals surface area contributed by atoms with Crippen LogP contribution < -0.4 is 5.32 Å². The van der Waals surface area contributed by atoms with E-state index in [0.29, 0.717) is 0 Å². The van der Waals surface area contributed by atoms with Crippen LogP contribution in [0.1, 0.15) is 32.3 Å². The summed E-state index contributed by atoms with van der Waals surface area (Å²) in [6.07, 6.45) is 3.18. The number of aryl methyl sites for hydroxylation is 1. The van der Waals surface area contributed by atoms with Crippen molar-refractivity contribution in [1.29, 1.82) is 0 Å². The maximum Gasteiger partial charge on any atom is 0.0632 e. The van der Waals surface area contributed by atoms with Gasteiger partial charge < -0.3 is 10.4 Å². The van der Waals surface area contributed by atoms with Crippen LogP contribution in [0.25, 0.3) is 0 Å². The van der Waals surface area contributed by atoms with Crippen LogP contribution in [0.4, 0.5) is 5.69 Å². The maximum absolute atomic E-state index is 9.15. The highest BCUT2D eigenvalue weighted by Crippen LogP contribution is 2.18. The number of nitrogens with one attached hydrogen (secondary N) is 1. The van der Waals surface area contributed by atoms with E-state index in [0.717, 1.165) is 19.3 Å². The van der Waals surface area contributed by atoms with Crippen molar-refractivity contribution in [3.63, 3.8) is 0 Å². The molecule has 0 aliphatic heterocycles.